The summed E-state index contributed by atoms with van der Waals surface area (Å²) in [5.41, 5.74) is 2.02. The molecule has 1 aromatic carbocycles. The minimum absolute atomic E-state index is 0.314. The molecule has 3 rings (SSSR count). The van der Waals surface area contributed by atoms with E-state index in [4.69, 9.17) is 4.74 Å². The fourth-order valence-electron chi connectivity index (χ4n) is 1.79. The van der Waals surface area contributed by atoms with Gasteiger partial charge in [-0.15, -0.1) is 0 Å². The molecule has 5 heteroatoms. The van der Waals surface area contributed by atoms with Gasteiger partial charge >= 0.3 is 0 Å². The van der Waals surface area contributed by atoms with Gasteiger partial charge in [0.2, 0.25) is 5.88 Å². The molecule has 0 saturated heterocycles. The molecule has 1 aliphatic heterocycles. The second-order valence-corrected chi connectivity index (χ2v) is 4.54. The normalized spacial score (nSPS) is 14.6. The van der Waals surface area contributed by atoms with Crippen molar-refractivity contribution in [3.8, 4) is 5.88 Å². The number of hydrogen-bond donors (Lipinski definition) is 0. The van der Waals surface area contributed by atoms with Crippen LogP contribution in [0.4, 0.5) is 4.39 Å². The van der Waals surface area contributed by atoms with E-state index in [1.165, 1.54) is 12.1 Å². The van der Waals surface area contributed by atoms with Crippen molar-refractivity contribution in [2.75, 3.05) is 6.61 Å². The third-order valence-electron chi connectivity index (χ3n) is 2.52. The van der Waals surface area contributed by atoms with E-state index < -0.39 is 0 Å². The standard InChI is InChI=1S/C11H8BrFN2O/c12-7-4-6(13)5-9-10(7)15-11-8(14-9)2-1-3-16-11/h4-5H,1-3H2. The molecule has 0 radical (unpaired) electrons. The number of benzene rings is 1. The lowest BCUT2D eigenvalue weighted by Gasteiger charge is -2.15. The van der Waals surface area contributed by atoms with Crippen LogP contribution in [-0.4, -0.2) is 16.6 Å². The molecule has 0 atom stereocenters. The fourth-order valence-corrected chi connectivity index (χ4v) is 2.30. The maximum Gasteiger partial charge on any atom is 0.236 e. The van der Waals surface area contributed by atoms with Gasteiger partial charge in [-0.25, -0.2) is 14.4 Å². The van der Waals surface area contributed by atoms with Gasteiger partial charge in [0.05, 0.1) is 12.1 Å². The van der Waals surface area contributed by atoms with Gasteiger partial charge in [-0.3, -0.25) is 0 Å². The van der Waals surface area contributed by atoms with E-state index in [-0.39, 0.29) is 5.82 Å². The summed E-state index contributed by atoms with van der Waals surface area (Å²) in [7, 11) is 0. The lowest BCUT2D eigenvalue weighted by atomic mass is 10.2. The SMILES string of the molecule is Fc1cc(Br)c2nc3c(nc2c1)CCCO3. The molecule has 2 aromatic rings. The molecule has 0 spiro atoms. The van der Waals surface area contributed by atoms with E-state index in [2.05, 4.69) is 25.9 Å². The van der Waals surface area contributed by atoms with Crippen LogP contribution in [0.1, 0.15) is 12.1 Å². The zero-order valence-electron chi connectivity index (χ0n) is 8.33. The van der Waals surface area contributed by atoms with E-state index >= 15 is 0 Å². The Morgan fingerprint density at radius 2 is 2.19 bits per heavy atom. The van der Waals surface area contributed by atoms with Crippen LogP contribution < -0.4 is 4.74 Å². The summed E-state index contributed by atoms with van der Waals surface area (Å²) in [5, 5.41) is 0. The first-order chi connectivity index (χ1) is 7.74. The quantitative estimate of drug-likeness (QED) is 0.745. The van der Waals surface area contributed by atoms with Gasteiger partial charge in [0, 0.05) is 10.5 Å². The lowest BCUT2D eigenvalue weighted by molar-refractivity contribution is 0.274. The number of hydrogen-bond acceptors (Lipinski definition) is 3. The number of rotatable bonds is 0. The maximum absolute atomic E-state index is 13.2. The highest BCUT2D eigenvalue weighted by Gasteiger charge is 2.16. The van der Waals surface area contributed by atoms with Gasteiger partial charge in [-0.2, -0.15) is 0 Å². The van der Waals surface area contributed by atoms with Crippen molar-refractivity contribution in [1.29, 1.82) is 0 Å². The summed E-state index contributed by atoms with van der Waals surface area (Å²) in [4.78, 5) is 8.74. The van der Waals surface area contributed by atoms with Gasteiger partial charge in [0.15, 0.2) is 0 Å². The fraction of sp³-hybridized carbons (Fsp3) is 0.273. The molecule has 0 N–H and O–H groups in total. The van der Waals surface area contributed by atoms with Crippen molar-refractivity contribution < 1.29 is 9.13 Å². The first-order valence-corrected chi connectivity index (χ1v) is 5.82. The molecule has 0 saturated carbocycles. The van der Waals surface area contributed by atoms with Crippen LogP contribution in [0.25, 0.3) is 11.0 Å². The van der Waals surface area contributed by atoms with Crippen LogP contribution in [0.5, 0.6) is 5.88 Å². The molecular formula is C11H8BrFN2O. The van der Waals surface area contributed by atoms with E-state index in [1.54, 1.807) is 0 Å². The first-order valence-electron chi connectivity index (χ1n) is 5.02. The Morgan fingerprint density at radius 3 is 3.06 bits per heavy atom. The van der Waals surface area contributed by atoms with Crippen molar-refractivity contribution in [2.24, 2.45) is 0 Å². The van der Waals surface area contributed by atoms with Gasteiger partial charge in [0.1, 0.15) is 17.0 Å². The zero-order valence-corrected chi connectivity index (χ0v) is 9.92. The number of aromatic nitrogens is 2. The van der Waals surface area contributed by atoms with E-state index in [0.717, 1.165) is 18.5 Å². The van der Waals surface area contributed by atoms with Gasteiger partial charge in [0.25, 0.3) is 0 Å². The van der Waals surface area contributed by atoms with Crippen LogP contribution in [-0.2, 0) is 6.42 Å². The Kier molecular flexibility index (Phi) is 2.28. The highest BCUT2D eigenvalue weighted by Crippen LogP contribution is 2.28. The molecule has 1 aromatic heterocycles. The van der Waals surface area contributed by atoms with Crippen LogP contribution in [0, 0.1) is 5.82 Å². The molecule has 1 aliphatic rings. The Labute approximate surface area is 99.8 Å². The van der Waals surface area contributed by atoms with E-state index in [0.29, 0.717) is 28.0 Å². The number of fused-ring (bicyclic) bond motifs is 2. The second kappa shape index (κ2) is 3.66. The highest BCUT2D eigenvalue weighted by atomic mass is 79.9. The Morgan fingerprint density at radius 1 is 1.31 bits per heavy atom. The number of nitrogens with zero attached hydrogens (tertiary/aromatic N) is 2. The largest absolute Gasteiger partial charge is 0.476 e. The van der Waals surface area contributed by atoms with Gasteiger partial charge in [-0.05, 0) is 34.8 Å². The minimum atomic E-state index is -0.314. The summed E-state index contributed by atoms with van der Waals surface area (Å²) < 4.78 is 19.2. The Bertz CT molecular complexity index is 573. The van der Waals surface area contributed by atoms with Crippen molar-refractivity contribution in [1.82, 2.24) is 9.97 Å². The highest BCUT2D eigenvalue weighted by molar-refractivity contribution is 9.10. The molecule has 16 heavy (non-hydrogen) atoms. The lowest BCUT2D eigenvalue weighted by Crippen LogP contribution is -2.11. The predicted octanol–water partition coefficient (Wildman–Crippen LogP) is 2.86. The van der Waals surface area contributed by atoms with Crippen LogP contribution in [0.3, 0.4) is 0 Å². The zero-order chi connectivity index (χ0) is 11.1. The van der Waals surface area contributed by atoms with E-state index in [9.17, 15) is 4.39 Å². The molecule has 2 heterocycles. The number of aryl methyl sites for hydroxylation is 1. The predicted molar refractivity (Wildman–Crippen MR) is 61.0 cm³/mol. The maximum atomic E-state index is 13.2. The molecular weight excluding hydrogens is 275 g/mol. The average molecular weight is 283 g/mol. The summed E-state index contributed by atoms with van der Waals surface area (Å²) in [5.74, 6) is 0.261. The minimum Gasteiger partial charge on any atom is -0.476 e. The molecule has 0 unspecified atom stereocenters. The molecule has 3 nitrogen and oxygen atoms in total. The van der Waals surface area contributed by atoms with Crippen molar-refractivity contribution >= 4 is 27.0 Å². The molecule has 82 valence electrons. The smallest absolute Gasteiger partial charge is 0.236 e. The van der Waals surface area contributed by atoms with Crippen LogP contribution >= 0.6 is 15.9 Å². The Balaban J connectivity index is 2.31. The first kappa shape index (κ1) is 9.96. The third-order valence-corrected chi connectivity index (χ3v) is 3.12. The molecule has 0 fully saturated rings. The average Bonchev–Trinajstić information content (AvgIpc) is 2.27. The second-order valence-electron chi connectivity index (χ2n) is 3.68. The van der Waals surface area contributed by atoms with Gasteiger partial charge < -0.3 is 4.74 Å². The van der Waals surface area contributed by atoms with Crippen molar-refractivity contribution in [3.05, 3.63) is 28.1 Å². The summed E-state index contributed by atoms with van der Waals surface area (Å²) in [6, 6.07) is 2.77. The molecule has 0 amide bonds. The van der Waals surface area contributed by atoms with Crippen molar-refractivity contribution in [2.45, 2.75) is 12.8 Å². The van der Waals surface area contributed by atoms with Crippen molar-refractivity contribution in [3.63, 3.8) is 0 Å². The number of halogens is 2. The van der Waals surface area contributed by atoms with Gasteiger partial charge in [-0.1, -0.05) is 0 Å². The monoisotopic (exact) mass is 282 g/mol. The molecule has 0 aliphatic carbocycles. The third kappa shape index (κ3) is 1.55. The summed E-state index contributed by atoms with van der Waals surface area (Å²) in [6.07, 6.45) is 1.77. The summed E-state index contributed by atoms with van der Waals surface area (Å²) in [6.45, 7) is 0.673. The topological polar surface area (TPSA) is 35.0 Å². The van der Waals surface area contributed by atoms with Crippen LogP contribution in [0.15, 0.2) is 16.6 Å². The van der Waals surface area contributed by atoms with Crippen LogP contribution in [0.2, 0.25) is 0 Å². The molecule has 0 bridgehead atoms. The summed E-state index contributed by atoms with van der Waals surface area (Å²) >= 11 is 3.28. The number of ether oxygens (including phenoxy) is 1. The Hall–Kier alpha value is -1.23. The van der Waals surface area contributed by atoms with E-state index in [1.807, 2.05) is 0 Å².